The molecule has 0 saturated carbocycles. The van der Waals surface area contributed by atoms with Crippen LogP contribution in [0.2, 0.25) is 0 Å². The van der Waals surface area contributed by atoms with Crippen molar-refractivity contribution in [2.24, 2.45) is 0 Å². The third-order valence-corrected chi connectivity index (χ3v) is 2.45. The summed E-state index contributed by atoms with van der Waals surface area (Å²) in [6.45, 7) is 1.71. The molecule has 1 aromatic rings. The first-order chi connectivity index (χ1) is 9.85. The number of halogens is 3. The van der Waals surface area contributed by atoms with Crippen LogP contribution in [-0.4, -0.2) is 32.3 Å². The standard InChI is InChI=1S/C14H16F3NO3/c1-3-4-10-5-6-11(12(7-10)20-2)21-8-13(19)18-9-14(15,16)17/h3,5-7H,1,4,8-9H2,2H3,(H,18,19). The van der Waals surface area contributed by atoms with E-state index in [1.807, 2.05) is 0 Å². The third kappa shape index (κ3) is 6.20. The molecule has 1 aromatic carbocycles. The third-order valence-electron chi connectivity index (χ3n) is 2.45. The van der Waals surface area contributed by atoms with Crippen molar-refractivity contribution < 1.29 is 27.4 Å². The summed E-state index contributed by atoms with van der Waals surface area (Å²) in [7, 11) is 1.43. The number of amides is 1. The molecular weight excluding hydrogens is 287 g/mol. The number of nitrogens with one attached hydrogen (secondary N) is 1. The van der Waals surface area contributed by atoms with E-state index < -0.39 is 25.2 Å². The van der Waals surface area contributed by atoms with Gasteiger partial charge in [-0.2, -0.15) is 13.2 Å². The summed E-state index contributed by atoms with van der Waals surface area (Å²) in [6.07, 6.45) is -2.08. The molecule has 1 amide bonds. The summed E-state index contributed by atoms with van der Waals surface area (Å²) in [4.78, 5) is 11.2. The van der Waals surface area contributed by atoms with Gasteiger partial charge in [0.2, 0.25) is 0 Å². The molecule has 0 spiro atoms. The molecule has 0 aromatic heterocycles. The Labute approximate surface area is 120 Å². The lowest BCUT2D eigenvalue weighted by Crippen LogP contribution is -2.36. The SMILES string of the molecule is C=CCc1ccc(OCC(=O)NCC(F)(F)F)c(OC)c1. The summed E-state index contributed by atoms with van der Waals surface area (Å²) in [5.41, 5.74) is 0.940. The van der Waals surface area contributed by atoms with Crippen molar-refractivity contribution in [1.82, 2.24) is 5.32 Å². The summed E-state index contributed by atoms with van der Waals surface area (Å²) in [5, 5.41) is 1.72. The first kappa shape index (κ1) is 16.9. The van der Waals surface area contributed by atoms with Gasteiger partial charge < -0.3 is 14.8 Å². The second kappa shape index (κ2) is 7.56. The van der Waals surface area contributed by atoms with Crippen LogP contribution in [0.4, 0.5) is 13.2 Å². The largest absolute Gasteiger partial charge is 0.493 e. The van der Waals surface area contributed by atoms with Gasteiger partial charge in [-0.25, -0.2) is 0 Å². The zero-order valence-electron chi connectivity index (χ0n) is 11.5. The average Bonchev–Trinajstić information content (AvgIpc) is 2.43. The van der Waals surface area contributed by atoms with Crippen LogP contribution in [0, 0.1) is 0 Å². The van der Waals surface area contributed by atoms with Crippen LogP contribution in [0.5, 0.6) is 11.5 Å². The van der Waals surface area contributed by atoms with E-state index in [0.29, 0.717) is 12.2 Å². The Kier molecular flexibility index (Phi) is 6.08. The number of methoxy groups -OCH3 is 1. The zero-order valence-corrected chi connectivity index (χ0v) is 11.5. The minimum Gasteiger partial charge on any atom is -0.493 e. The molecule has 7 heteroatoms. The van der Waals surface area contributed by atoms with E-state index in [1.54, 1.807) is 29.6 Å². The van der Waals surface area contributed by atoms with Crippen molar-refractivity contribution in [1.29, 1.82) is 0 Å². The van der Waals surface area contributed by atoms with Gasteiger partial charge in [0, 0.05) is 0 Å². The van der Waals surface area contributed by atoms with Gasteiger partial charge in [0.25, 0.3) is 5.91 Å². The molecule has 21 heavy (non-hydrogen) atoms. The molecule has 0 saturated heterocycles. The molecule has 0 fully saturated rings. The maximum atomic E-state index is 11.9. The van der Waals surface area contributed by atoms with Crippen LogP contribution in [0.3, 0.4) is 0 Å². The Morgan fingerprint density at radius 2 is 2.10 bits per heavy atom. The normalized spacial score (nSPS) is 10.9. The van der Waals surface area contributed by atoms with E-state index in [-0.39, 0.29) is 5.75 Å². The smallest absolute Gasteiger partial charge is 0.405 e. The maximum absolute atomic E-state index is 11.9. The Balaban J connectivity index is 2.58. The molecule has 0 aliphatic heterocycles. The van der Waals surface area contributed by atoms with Gasteiger partial charge >= 0.3 is 6.18 Å². The number of benzene rings is 1. The monoisotopic (exact) mass is 303 g/mol. The van der Waals surface area contributed by atoms with Crippen LogP contribution in [0.15, 0.2) is 30.9 Å². The fourth-order valence-electron chi connectivity index (χ4n) is 1.52. The molecule has 0 atom stereocenters. The minimum absolute atomic E-state index is 0.285. The van der Waals surface area contributed by atoms with E-state index in [2.05, 4.69) is 6.58 Å². The summed E-state index contributed by atoms with van der Waals surface area (Å²) in [6, 6.07) is 5.06. The van der Waals surface area contributed by atoms with E-state index >= 15 is 0 Å². The number of rotatable bonds is 7. The van der Waals surface area contributed by atoms with Crippen LogP contribution in [0.1, 0.15) is 5.56 Å². The van der Waals surface area contributed by atoms with Gasteiger partial charge in [-0.1, -0.05) is 12.1 Å². The van der Waals surface area contributed by atoms with Gasteiger partial charge in [-0.3, -0.25) is 4.79 Å². The molecule has 0 heterocycles. The van der Waals surface area contributed by atoms with Gasteiger partial charge in [0.1, 0.15) is 6.54 Å². The number of carbonyl (C=O) groups is 1. The molecule has 0 aliphatic carbocycles. The van der Waals surface area contributed by atoms with Crippen molar-refractivity contribution in [3.05, 3.63) is 36.4 Å². The van der Waals surface area contributed by atoms with Crippen molar-refractivity contribution in [3.8, 4) is 11.5 Å². The van der Waals surface area contributed by atoms with Crippen molar-refractivity contribution >= 4 is 5.91 Å². The zero-order chi connectivity index (χ0) is 15.9. The predicted octanol–water partition coefficient (Wildman–Crippen LogP) is 2.48. The molecule has 0 aliphatic rings. The molecule has 1 N–H and O–H groups in total. The van der Waals surface area contributed by atoms with E-state index in [4.69, 9.17) is 9.47 Å². The molecule has 1 rings (SSSR count). The fourth-order valence-corrected chi connectivity index (χ4v) is 1.52. The Morgan fingerprint density at radius 3 is 2.67 bits per heavy atom. The maximum Gasteiger partial charge on any atom is 0.405 e. The average molecular weight is 303 g/mol. The predicted molar refractivity (Wildman–Crippen MR) is 71.5 cm³/mol. The number of allylic oxidation sites excluding steroid dienone is 1. The lowest BCUT2D eigenvalue weighted by molar-refractivity contribution is -0.139. The molecular formula is C14H16F3NO3. The van der Waals surface area contributed by atoms with Crippen LogP contribution in [0.25, 0.3) is 0 Å². The summed E-state index contributed by atoms with van der Waals surface area (Å²) >= 11 is 0. The lowest BCUT2D eigenvalue weighted by atomic mass is 10.1. The Bertz CT molecular complexity index is 501. The van der Waals surface area contributed by atoms with Gasteiger partial charge in [-0.15, -0.1) is 6.58 Å². The number of carbonyl (C=O) groups excluding carboxylic acids is 1. The first-order valence-corrected chi connectivity index (χ1v) is 6.09. The van der Waals surface area contributed by atoms with Crippen LogP contribution < -0.4 is 14.8 Å². The summed E-state index contributed by atoms with van der Waals surface area (Å²) in [5.74, 6) is -0.171. The van der Waals surface area contributed by atoms with Gasteiger partial charge in [0.15, 0.2) is 18.1 Å². The highest BCUT2D eigenvalue weighted by molar-refractivity contribution is 5.77. The Hall–Kier alpha value is -2.18. The second-order valence-electron chi connectivity index (χ2n) is 4.16. The molecule has 0 radical (unpaired) electrons. The molecule has 0 bridgehead atoms. The highest BCUT2D eigenvalue weighted by Gasteiger charge is 2.27. The lowest BCUT2D eigenvalue weighted by Gasteiger charge is -2.12. The first-order valence-electron chi connectivity index (χ1n) is 6.09. The van der Waals surface area contributed by atoms with Crippen molar-refractivity contribution in [2.75, 3.05) is 20.3 Å². The van der Waals surface area contributed by atoms with Crippen molar-refractivity contribution in [2.45, 2.75) is 12.6 Å². The van der Waals surface area contributed by atoms with E-state index in [0.717, 1.165) is 5.56 Å². The molecule has 4 nitrogen and oxygen atoms in total. The van der Waals surface area contributed by atoms with Crippen molar-refractivity contribution in [3.63, 3.8) is 0 Å². The second-order valence-corrected chi connectivity index (χ2v) is 4.16. The number of alkyl halides is 3. The molecule has 116 valence electrons. The van der Waals surface area contributed by atoms with Gasteiger partial charge in [0.05, 0.1) is 7.11 Å². The van der Waals surface area contributed by atoms with E-state index in [1.165, 1.54) is 7.11 Å². The number of hydrogen-bond donors (Lipinski definition) is 1. The highest BCUT2D eigenvalue weighted by atomic mass is 19.4. The summed E-state index contributed by atoms with van der Waals surface area (Å²) < 4.78 is 46.1. The fraction of sp³-hybridized carbons (Fsp3) is 0.357. The minimum atomic E-state index is -4.44. The topological polar surface area (TPSA) is 47.6 Å². The number of ether oxygens (including phenoxy) is 2. The number of hydrogen-bond acceptors (Lipinski definition) is 3. The highest BCUT2D eigenvalue weighted by Crippen LogP contribution is 2.28. The van der Waals surface area contributed by atoms with Crippen LogP contribution >= 0.6 is 0 Å². The van der Waals surface area contributed by atoms with Gasteiger partial charge in [-0.05, 0) is 24.1 Å². The quantitative estimate of drug-likeness (QED) is 0.787. The van der Waals surface area contributed by atoms with Crippen LogP contribution in [-0.2, 0) is 11.2 Å². The molecule has 0 unspecified atom stereocenters. The van der Waals surface area contributed by atoms with E-state index in [9.17, 15) is 18.0 Å². The Morgan fingerprint density at radius 1 is 1.38 bits per heavy atom.